The predicted octanol–water partition coefficient (Wildman–Crippen LogP) is 3.85. The monoisotopic (exact) mass is 349 g/mol. The first-order valence-electron chi connectivity index (χ1n) is 9.01. The molecule has 1 aromatic heterocycles. The van der Waals surface area contributed by atoms with Gasteiger partial charge in [0, 0.05) is 38.3 Å². The van der Waals surface area contributed by atoms with E-state index >= 15 is 0 Å². The number of ether oxygens (including phenoxy) is 1. The van der Waals surface area contributed by atoms with Crippen molar-refractivity contribution in [1.29, 1.82) is 0 Å². The second-order valence-electron chi connectivity index (χ2n) is 6.49. The quantitative estimate of drug-likeness (QED) is 0.758. The van der Waals surface area contributed by atoms with Gasteiger partial charge in [0.25, 0.3) is 0 Å². The molecule has 1 fully saturated rings. The average molecular weight is 349 g/mol. The van der Waals surface area contributed by atoms with Crippen molar-refractivity contribution in [3.63, 3.8) is 0 Å². The number of aryl methyl sites for hydroxylation is 1. The van der Waals surface area contributed by atoms with Gasteiger partial charge in [0.05, 0.1) is 5.69 Å². The Morgan fingerprint density at radius 1 is 1.04 bits per heavy atom. The van der Waals surface area contributed by atoms with E-state index in [1.807, 2.05) is 61.5 Å². The van der Waals surface area contributed by atoms with E-state index in [0.29, 0.717) is 5.89 Å². The topological polar surface area (TPSA) is 50.5 Å². The van der Waals surface area contributed by atoms with Crippen LogP contribution in [-0.4, -0.2) is 36.1 Å². The lowest BCUT2D eigenvalue weighted by molar-refractivity contribution is 0.230. The Kier molecular flexibility index (Phi) is 5.00. The summed E-state index contributed by atoms with van der Waals surface area (Å²) in [4.78, 5) is 7.14. The molecule has 0 bridgehead atoms. The minimum Gasteiger partial charge on any atom is -0.457 e. The molecule has 0 atom stereocenters. The summed E-state index contributed by atoms with van der Waals surface area (Å²) in [6.07, 6.45) is 0. The highest BCUT2D eigenvalue weighted by Gasteiger charge is 2.16. The van der Waals surface area contributed by atoms with Crippen molar-refractivity contribution < 1.29 is 9.15 Å². The Morgan fingerprint density at radius 2 is 1.81 bits per heavy atom. The number of oxazole rings is 1. The van der Waals surface area contributed by atoms with E-state index in [4.69, 9.17) is 14.1 Å². The van der Waals surface area contributed by atoms with E-state index in [9.17, 15) is 0 Å². The fourth-order valence-electron chi connectivity index (χ4n) is 3.10. The Bertz CT molecular complexity index is 855. The zero-order valence-electron chi connectivity index (χ0n) is 14.9. The molecule has 2 heterocycles. The summed E-state index contributed by atoms with van der Waals surface area (Å²) in [7, 11) is 0. The summed E-state index contributed by atoms with van der Waals surface area (Å²) in [5.41, 5.74) is 1.93. The minimum absolute atomic E-state index is 0.645. The molecule has 0 amide bonds. The van der Waals surface area contributed by atoms with E-state index in [0.717, 1.165) is 61.2 Å². The first-order chi connectivity index (χ1) is 12.8. The molecule has 26 heavy (non-hydrogen) atoms. The van der Waals surface area contributed by atoms with Gasteiger partial charge in [0.1, 0.15) is 17.3 Å². The van der Waals surface area contributed by atoms with E-state index in [1.165, 1.54) is 0 Å². The molecule has 1 N–H and O–H groups in total. The molecule has 0 spiro atoms. The van der Waals surface area contributed by atoms with Crippen molar-refractivity contribution in [1.82, 2.24) is 15.2 Å². The fourth-order valence-corrected chi connectivity index (χ4v) is 3.10. The van der Waals surface area contributed by atoms with Gasteiger partial charge < -0.3 is 14.5 Å². The van der Waals surface area contributed by atoms with E-state index in [1.54, 1.807) is 0 Å². The molecule has 1 aliphatic heterocycles. The Hall–Kier alpha value is -2.63. The summed E-state index contributed by atoms with van der Waals surface area (Å²) in [6.45, 7) is 6.96. The van der Waals surface area contributed by atoms with Gasteiger partial charge in [-0.25, -0.2) is 4.98 Å². The summed E-state index contributed by atoms with van der Waals surface area (Å²) in [5.74, 6) is 3.11. The molecule has 134 valence electrons. The maximum absolute atomic E-state index is 5.94. The Balaban J connectivity index is 1.52. The lowest BCUT2D eigenvalue weighted by Gasteiger charge is -2.26. The van der Waals surface area contributed by atoms with E-state index in [-0.39, 0.29) is 0 Å². The van der Waals surface area contributed by atoms with Crippen LogP contribution < -0.4 is 10.1 Å². The van der Waals surface area contributed by atoms with Crippen LogP contribution in [0.4, 0.5) is 0 Å². The molecule has 1 aliphatic rings. The van der Waals surface area contributed by atoms with Gasteiger partial charge in [-0.1, -0.05) is 24.3 Å². The van der Waals surface area contributed by atoms with Crippen molar-refractivity contribution in [3.8, 4) is 23.0 Å². The van der Waals surface area contributed by atoms with Crippen LogP contribution in [0.1, 0.15) is 11.5 Å². The van der Waals surface area contributed by atoms with Gasteiger partial charge >= 0.3 is 0 Å². The molecule has 5 heteroatoms. The summed E-state index contributed by atoms with van der Waals surface area (Å²) in [5, 5.41) is 3.37. The smallest absolute Gasteiger partial charge is 0.226 e. The van der Waals surface area contributed by atoms with Crippen LogP contribution in [0.15, 0.2) is 59.0 Å². The van der Waals surface area contributed by atoms with Crippen molar-refractivity contribution in [3.05, 3.63) is 66.1 Å². The normalized spacial score (nSPS) is 15.1. The number of para-hydroxylation sites is 1. The lowest BCUT2D eigenvalue weighted by atomic mass is 10.2. The summed E-state index contributed by atoms with van der Waals surface area (Å²) in [6, 6.07) is 17.6. The van der Waals surface area contributed by atoms with Gasteiger partial charge in [0.15, 0.2) is 0 Å². The van der Waals surface area contributed by atoms with Crippen LogP contribution in [0, 0.1) is 6.92 Å². The van der Waals surface area contributed by atoms with Gasteiger partial charge in [-0.3, -0.25) is 4.90 Å². The molecular formula is C21H23N3O2. The largest absolute Gasteiger partial charge is 0.457 e. The molecule has 2 aromatic carbocycles. The maximum Gasteiger partial charge on any atom is 0.226 e. The fraction of sp³-hybridized carbons (Fsp3) is 0.286. The van der Waals surface area contributed by atoms with E-state index in [2.05, 4.69) is 10.2 Å². The third kappa shape index (κ3) is 3.95. The van der Waals surface area contributed by atoms with Gasteiger partial charge in [-0.2, -0.15) is 0 Å². The van der Waals surface area contributed by atoms with Crippen LogP contribution in [0.3, 0.4) is 0 Å². The third-order valence-corrected chi connectivity index (χ3v) is 4.54. The second kappa shape index (κ2) is 7.72. The highest BCUT2D eigenvalue weighted by atomic mass is 16.5. The zero-order valence-corrected chi connectivity index (χ0v) is 14.9. The number of hydrogen-bond acceptors (Lipinski definition) is 5. The van der Waals surface area contributed by atoms with Crippen LogP contribution in [0.5, 0.6) is 11.5 Å². The third-order valence-electron chi connectivity index (χ3n) is 4.54. The molecule has 5 nitrogen and oxygen atoms in total. The minimum atomic E-state index is 0.645. The van der Waals surface area contributed by atoms with Crippen LogP contribution in [0.25, 0.3) is 11.5 Å². The van der Waals surface area contributed by atoms with Crippen LogP contribution in [0.2, 0.25) is 0 Å². The molecular weight excluding hydrogens is 326 g/mol. The first kappa shape index (κ1) is 16.8. The molecule has 0 radical (unpaired) electrons. The second-order valence-corrected chi connectivity index (χ2v) is 6.49. The molecule has 3 aromatic rings. The zero-order chi connectivity index (χ0) is 17.8. The number of nitrogens with one attached hydrogen (secondary N) is 1. The van der Waals surface area contributed by atoms with E-state index < -0.39 is 0 Å². The van der Waals surface area contributed by atoms with Crippen molar-refractivity contribution >= 4 is 0 Å². The number of rotatable bonds is 5. The van der Waals surface area contributed by atoms with Crippen LogP contribution >= 0.6 is 0 Å². The van der Waals surface area contributed by atoms with Crippen molar-refractivity contribution in [2.24, 2.45) is 0 Å². The molecule has 0 unspecified atom stereocenters. The Morgan fingerprint density at radius 3 is 2.62 bits per heavy atom. The average Bonchev–Trinajstić information content (AvgIpc) is 3.04. The number of aromatic nitrogens is 1. The molecule has 1 saturated heterocycles. The number of nitrogens with zero attached hydrogens (tertiary/aromatic N) is 2. The first-order valence-corrected chi connectivity index (χ1v) is 9.01. The number of benzene rings is 2. The summed E-state index contributed by atoms with van der Waals surface area (Å²) >= 11 is 0. The SMILES string of the molecule is Cc1oc(-c2cccc(Oc3ccccc3)c2)nc1CN1CCNCC1. The lowest BCUT2D eigenvalue weighted by Crippen LogP contribution is -2.43. The standard InChI is InChI=1S/C21H23N3O2/c1-16-20(15-24-12-10-22-11-13-24)23-21(25-16)17-6-5-9-19(14-17)26-18-7-3-2-4-8-18/h2-9,14,22H,10-13,15H2,1H3. The molecule has 4 rings (SSSR count). The van der Waals surface area contributed by atoms with Crippen LogP contribution in [-0.2, 0) is 6.54 Å². The van der Waals surface area contributed by atoms with Crippen molar-refractivity contribution in [2.45, 2.75) is 13.5 Å². The van der Waals surface area contributed by atoms with Crippen molar-refractivity contribution in [2.75, 3.05) is 26.2 Å². The highest BCUT2D eigenvalue weighted by Crippen LogP contribution is 2.28. The van der Waals surface area contributed by atoms with Gasteiger partial charge in [-0.05, 0) is 37.3 Å². The molecule has 0 saturated carbocycles. The predicted molar refractivity (Wildman–Crippen MR) is 101 cm³/mol. The van der Waals surface area contributed by atoms with Gasteiger partial charge in [0.2, 0.25) is 5.89 Å². The van der Waals surface area contributed by atoms with Gasteiger partial charge in [-0.15, -0.1) is 0 Å². The molecule has 0 aliphatic carbocycles. The Labute approximate surface area is 153 Å². The number of piperazine rings is 1. The summed E-state index contributed by atoms with van der Waals surface area (Å²) < 4.78 is 11.9. The maximum atomic E-state index is 5.94. The highest BCUT2D eigenvalue weighted by molar-refractivity contribution is 5.57. The number of hydrogen-bond donors (Lipinski definition) is 1.